The molecular weight excluding hydrogens is 486 g/mol. The fourth-order valence-corrected chi connectivity index (χ4v) is 3.18. The molecular formula is C19H13F3IN3O2. The van der Waals surface area contributed by atoms with Gasteiger partial charge in [-0.1, -0.05) is 12.1 Å². The maximum absolute atomic E-state index is 13.6. The maximum atomic E-state index is 13.6. The predicted octanol–water partition coefficient (Wildman–Crippen LogP) is 3.60. The van der Waals surface area contributed by atoms with Gasteiger partial charge in [-0.15, -0.1) is 0 Å². The molecule has 0 saturated carbocycles. The molecule has 2 aromatic heterocycles. The molecule has 144 valence electrons. The lowest BCUT2D eigenvalue weighted by Gasteiger charge is -2.23. The molecule has 9 heteroatoms. The van der Waals surface area contributed by atoms with Crippen LogP contribution in [0.4, 0.5) is 13.2 Å². The highest BCUT2D eigenvalue weighted by molar-refractivity contribution is 14.1. The second-order valence-electron chi connectivity index (χ2n) is 5.92. The first-order valence-corrected chi connectivity index (χ1v) is 9.06. The average Bonchev–Trinajstić information content (AvgIpc) is 2.64. The van der Waals surface area contributed by atoms with Crippen LogP contribution in [0.3, 0.4) is 0 Å². The minimum atomic E-state index is -4.67. The topological polar surface area (TPSA) is 78.0 Å². The van der Waals surface area contributed by atoms with Gasteiger partial charge in [-0.3, -0.25) is 14.6 Å². The third-order valence-electron chi connectivity index (χ3n) is 4.09. The number of amides is 1. The van der Waals surface area contributed by atoms with Crippen molar-refractivity contribution in [3.8, 4) is 0 Å². The van der Waals surface area contributed by atoms with E-state index in [0.29, 0.717) is 5.56 Å². The van der Waals surface area contributed by atoms with E-state index in [0.717, 1.165) is 26.5 Å². The van der Waals surface area contributed by atoms with Crippen molar-refractivity contribution in [1.82, 2.24) is 9.55 Å². The van der Waals surface area contributed by atoms with Gasteiger partial charge in [0.25, 0.3) is 5.56 Å². The molecule has 5 nitrogen and oxygen atoms in total. The molecule has 0 aliphatic carbocycles. The predicted molar refractivity (Wildman–Crippen MR) is 105 cm³/mol. The Hall–Kier alpha value is -2.69. The maximum Gasteiger partial charge on any atom is 0.418 e. The summed E-state index contributed by atoms with van der Waals surface area (Å²) in [5.41, 5.74) is 3.79. The minimum Gasteiger partial charge on any atom is -0.366 e. The van der Waals surface area contributed by atoms with E-state index in [1.54, 1.807) is 24.3 Å². The molecule has 1 unspecified atom stereocenters. The lowest BCUT2D eigenvalue weighted by Crippen LogP contribution is -2.29. The lowest BCUT2D eigenvalue weighted by molar-refractivity contribution is -0.138. The summed E-state index contributed by atoms with van der Waals surface area (Å²) in [5.74, 6) is -0.799. The normalized spacial score (nSPS) is 12.6. The van der Waals surface area contributed by atoms with Gasteiger partial charge in [0, 0.05) is 22.0 Å². The van der Waals surface area contributed by atoms with Crippen molar-refractivity contribution in [1.29, 1.82) is 0 Å². The van der Waals surface area contributed by atoms with Gasteiger partial charge in [-0.05, 0) is 58.5 Å². The van der Waals surface area contributed by atoms with Crippen molar-refractivity contribution in [2.75, 3.05) is 0 Å². The van der Waals surface area contributed by atoms with Crippen LogP contribution < -0.4 is 11.3 Å². The molecule has 0 bridgehead atoms. The number of carbonyl (C=O) groups excluding carboxylic acids is 1. The number of carbonyl (C=O) groups is 1. The second kappa shape index (κ2) is 7.74. The van der Waals surface area contributed by atoms with Crippen molar-refractivity contribution in [2.45, 2.75) is 12.2 Å². The van der Waals surface area contributed by atoms with Gasteiger partial charge in [0.05, 0.1) is 16.8 Å². The number of primary amides is 1. The summed E-state index contributed by atoms with van der Waals surface area (Å²) < 4.78 is 42.7. The number of hydrogen-bond donors (Lipinski definition) is 1. The number of aromatic nitrogens is 2. The van der Waals surface area contributed by atoms with E-state index < -0.39 is 29.2 Å². The number of alkyl halides is 3. The molecule has 1 amide bonds. The van der Waals surface area contributed by atoms with Crippen molar-refractivity contribution in [3.63, 3.8) is 0 Å². The van der Waals surface area contributed by atoms with Gasteiger partial charge >= 0.3 is 6.18 Å². The van der Waals surface area contributed by atoms with Crippen LogP contribution in [0.2, 0.25) is 0 Å². The van der Waals surface area contributed by atoms with Crippen molar-refractivity contribution < 1.29 is 18.0 Å². The number of rotatable bonds is 4. The van der Waals surface area contributed by atoms with Crippen LogP contribution in [-0.2, 0) is 6.18 Å². The monoisotopic (exact) mass is 499 g/mol. The lowest BCUT2D eigenvalue weighted by atomic mass is 9.98. The Morgan fingerprint density at radius 2 is 1.79 bits per heavy atom. The third-order valence-corrected chi connectivity index (χ3v) is 4.81. The van der Waals surface area contributed by atoms with Gasteiger partial charge in [-0.2, -0.15) is 13.2 Å². The molecule has 28 heavy (non-hydrogen) atoms. The quantitative estimate of drug-likeness (QED) is 0.558. The van der Waals surface area contributed by atoms with E-state index in [1.807, 2.05) is 0 Å². The largest absolute Gasteiger partial charge is 0.418 e. The molecule has 1 atom stereocenters. The molecule has 0 aliphatic heterocycles. The standard InChI is InChI=1S/C19H13F3IN3O2/c20-19(21,22)14-2-1-9-25-16(14)17(11-3-6-13(23)7-4-11)26-10-12(18(24)28)5-8-15(26)27/h1-10,17H,(H2,24,28). The fraction of sp³-hybridized carbons (Fsp3) is 0.105. The number of hydrogen-bond acceptors (Lipinski definition) is 3. The zero-order valence-corrected chi connectivity index (χ0v) is 16.3. The summed E-state index contributed by atoms with van der Waals surface area (Å²) in [5, 5.41) is 0. The van der Waals surface area contributed by atoms with E-state index in [4.69, 9.17) is 5.73 Å². The van der Waals surface area contributed by atoms with Crippen molar-refractivity contribution in [3.05, 3.63) is 97.2 Å². The van der Waals surface area contributed by atoms with Crippen LogP contribution in [0.25, 0.3) is 0 Å². The summed E-state index contributed by atoms with van der Waals surface area (Å²) in [4.78, 5) is 28.0. The molecule has 3 rings (SSSR count). The molecule has 0 radical (unpaired) electrons. The fourth-order valence-electron chi connectivity index (χ4n) is 2.82. The van der Waals surface area contributed by atoms with E-state index in [1.165, 1.54) is 18.3 Å². The van der Waals surface area contributed by atoms with Crippen LogP contribution in [0.15, 0.2) is 65.7 Å². The van der Waals surface area contributed by atoms with Crippen molar-refractivity contribution in [2.24, 2.45) is 5.73 Å². The van der Waals surface area contributed by atoms with Crippen molar-refractivity contribution >= 4 is 28.5 Å². The Kier molecular flexibility index (Phi) is 5.54. The van der Waals surface area contributed by atoms with Gasteiger partial charge in [0.1, 0.15) is 6.04 Å². The number of benzene rings is 1. The van der Waals surface area contributed by atoms with E-state index in [2.05, 4.69) is 27.6 Å². The Labute approximate surface area is 171 Å². The molecule has 0 spiro atoms. The molecule has 0 aliphatic rings. The molecule has 0 saturated heterocycles. The number of nitrogens with two attached hydrogens (primary N) is 1. The Morgan fingerprint density at radius 3 is 2.39 bits per heavy atom. The number of nitrogens with zero attached hydrogens (tertiary/aromatic N) is 2. The minimum absolute atomic E-state index is 0.000369. The molecule has 2 heterocycles. The van der Waals surface area contributed by atoms with Crippen LogP contribution >= 0.6 is 22.6 Å². The SMILES string of the molecule is NC(=O)c1ccc(=O)n(C(c2ccc(I)cc2)c2ncccc2C(F)(F)F)c1. The summed E-state index contributed by atoms with van der Waals surface area (Å²) in [6.45, 7) is 0. The summed E-state index contributed by atoms with van der Waals surface area (Å²) in [7, 11) is 0. The highest BCUT2D eigenvalue weighted by Crippen LogP contribution is 2.36. The van der Waals surface area contributed by atoms with E-state index in [-0.39, 0.29) is 11.3 Å². The number of halogens is 4. The molecule has 1 aromatic carbocycles. The second-order valence-corrected chi connectivity index (χ2v) is 7.16. The van der Waals surface area contributed by atoms with Gasteiger partial charge < -0.3 is 10.3 Å². The third kappa shape index (κ3) is 4.08. The van der Waals surface area contributed by atoms with Gasteiger partial charge in [-0.25, -0.2) is 0 Å². The highest BCUT2D eigenvalue weighted by Gasteiger charge is 2.37. The van der Waals surface area contributed by atoms with E-state index >= 15 is 0 Å². The number of pyridine rings is 2. The van der Waals surface area contributed by atoms with E-state index in [9.17, 15) is 22.8 Å². The highest BCUT2D eigenvalue weighted by atomic mass is 127. The van der Waals surface area contributed by atoms with Crippen LogP contribution in [-0.4, -0.2) is 15.5 Å². The Morgan fingerprint density at radius 1 is 1.11 bits per heavy atom. The average molecular weight is 499 g/mol. The summed E-state index contributed by atoms with van der Waals surface area (Å²) >= 11 is 2.06. The first-order valence-electron chi connectivity index (χ1n) is 7.98. The van der Waals surface area contributed by atoms with Crippen LogP contribution in [0.1, 0.15) is 33.2 Å². The van der Waals surface area contributed by atoms with Gasteiger partial charge in [0.15, 0.2) is 0 Å². The first-order chi connectivity index (χ1) is 13.2. The summed E-state index contributed by atoms with van der Waals surface area (Å²) in [6.07, 6.45) is -2.29. The van der Waals surface area contributed by atoms with Crippen LogP contribution in [0, 0.1) is 3.57 Å². The Bertz CT molecular complexity index is 1080. The molecule has 0 fully saturated rings. The Balaban J connectivity index is 2.33. The first kappa shape index (κ1) is 20.1. The zero-order chi connectivity index (χ0) is 20.5. The van der Waals surface area contributed by atoms with Crippen LogP contribution in [0.5, 0.6) is 0 Å². The molecule has 3 aromatic rings. The van der Waals surface area contributed by atoms with Gasteiger partial charge in [0.2, 0.25) is 5.91 Å². The summed E-state index contributed by atoms with van der Waals surface area (Å²) in [6, 6.07) is 9.87. The smallest absolute Gasteiger partial charge is 0.366 e. The molecule has 2 N–H and O–H groups in total. The zero-order valence-electron chi connectivity index (χ0n) is 14.2.